The van der Waals surface area contributed by atoms with Crippen molar-refractivity contribution in [3.05, 3.63) is 87.1 Å². The van der Waals surface area contributed by atoms with Crippen molar-refractivity contribution in [3.63, 3.8) is 0 Å². The van der Waals surface area contributed by atoms with Crippen LogP contribution in [0.15, 0.2) is 59.8 Å². The number of nitrogens with one attached hydrogen (secondary N) is 1. The molecule has 1 N–H and O–H groups in total. The molecule has 0 atom stereocenters. The summed E-state index contributed by atoms with van der Waals surface area (Å²) in [7, 11) is 0. The van der Waals surface area contributed by atoms with Gasteiger partial charge in [-0.15, -0.1) is 0 Å². The number of fused-ring (bicyclic) bond motifs is 1. The van der Waals surface area contributed by atoms with Crippen LogP contribution in [0.25, 0.3) is 16.7 Å². The molecule has 31 heavy (non-hydrogen) atoms. The van der Waals surface area contributed by atoms with Crippen molar-refractivity contribution >= 4 is 28.3 Å². The highest BCUT2D eigenvalue weighted by Crippen LogP contribution is 2.23. The molecule has 0 saturated heterocycles. The smallest absolute Gasteiger partial charge is 0.294 e. The fourth-order valence-electron chi connectivity index (χ4n) is 2.96. The lowest BCUT2D eigenvalue weighted by atomic mass is 10.2. The van der Waals surface area contributed by atoms with E-state index >= 15 is 0 Å². The summed E-state index contributed by atoms with van der Waals surface area (Å²) in [5.74, 6) is -2.85. The van der Waals surface area contributed by atoms with E-state index in [4.69, 9.17) is 0 Å². The first-order valence-corrected chi connectivity index (χ1v) is 8.77. The number of carbonyl (C=O) groups is 1. The number of halogens is 2. The average Bonchev–Trinajstić information content (AvgIpc) is 3.17. The number of aromatic nitrogens is 4. The molecular weight excluding hydrogens is 414 g/mol. The Bertz CT molecular complexity index is 1400. The van der Waals surface area contributed by atoms with Crippen molar-refractivity contribution < 1.29 is 18.5 Å². The molecule has 4 rings (SSSR count). The van der Waals surface area contributed by atoms with Crippen LogP contribution in [0.3, 0.4) is 0 Å². The second-order valence-electron chi connectivity index (χ2n) is 6.39. The zero-order chi connectivity index (χ0) is 22.1. The highest BCUT2D eigenvalue weighted by atomic mass is 19.2. The van der Waals surface area contributed by atoms with Crippen LogP contribution in [0, 0.1) is 21.7 Å². The molecule has 12 heteroatoms. The summed E-state index contributed by atoms with van der Waals surface area (Å²) in [6.07, 6.45) is 2.30. The lowest BCUT2D eigenvalue weighted by Crippen LogP contribution is -2.27. The highest BCUT2D eigenvalue weighted by Gasteiger charge is 2.19. The summed E-state index contributed by atoms with van der Waals surface area (Å²) in [6.45, 7) is -0.447. The number of amides is 1. The van der Waals surface area contributed by atoms with Crippen molar-refractivity contribution in [1.82, 2.24) is 19.3 Å². The van der Waals surface area contributed by atoms with Gasteiger partial charge >= 0.3 is 0 Å². The van der Waals surface area contributed by atoms with Gasteiger partial charge in [-0.25, -0.2) is 18.4 Å². The van der Waals surface area contributed by atoms with Crippen LogP contribution in [0.1, 0.15) is 0 Å². The lowest BCUT2D eigenvalue weighted by molar-refractivity contribution is -0.384. The van der Waals surface area contributed by atoms with E-state index in [1.54, 1.807) is 6.07 Å². The molecule has 2 aromatic heterocycles. The van der Waals surface area contributed by atoms with Crippen molar-refractivity contribution in [2.45, 2.75) is 6.54 Å². The predicted octanol–water partition coefficient (Wildman–Crippen LogP) is 2.41. The summed E-state index contributed by atoms with van der Waals surface area (Å²) < 4.78 is 28.4. The van der Waals surface area contributed by atoms with E-state index in [1.165, 1.54) is 35.1 Å². The Balaban J connectivity index is 1.64. The molecule has 2 aromatic carbocycles. The summed E-state index contributed by atoms with van der Waals surface area (Å²) in [5, 5.41) is 17.7. The second-order valence-corrected chi connectivity index (χ2v) is 6.39. The lowest BCUT2D eigenvalue weighted by Gasteiger charge is -2.08. The number of rotatable bonds is 5. The maximum atomic E-state index is 13.3. The molecule has 1 amide bonds. The Labute approximate surface area is 171 Å². The number of anilines is 1. The van der Waals surface area contributed by atoms with Crippen LogP contribution in [-0.2, 0) is 11.3 Å². The van der Waals surface area contributed by atoms with Gasteiger partial charge in [0.15, 0.2) is 17.3 Å². The van der Waals surface area contributed by atoms with Crippen LogP contribution in [-0.4, -0.2) is 30.2 Å². The van der Waals surface area contributed by atoms with Crippen LogP contribution < -0.4 is 10.9 Å². The molecular formula is C19H12F2N6O4. The van der Waals surface area contributed by atoms with Crippen LogP contribution >= 0.6 is 0 Å². The summed E-state index contributed by atoms with van der Waals surface area (Å²) in [5.41, 5.74) is -0.588. The average molecular weight is 426 g/mol. The zero-order valence-electron chi connectivity index (χ0n) is 15.5. The number of nitrogens with zero attached hydrogens (tertiary/aromatic N) is 5. The third kappa shape index (κ3) is 3.73. The minimum atomic E-state index is -1.12. The van der Waals surface area contributed by atoms with Gasteiger partial charge in [0.25, 0.3) is 11.2 Å². The maximum Gasteiger partial charge on any atom is 0.294 e. The van der Waals surface area contributed by atoms with Crippen molar-refractivity contribution in [3.8, 4) is 5.69 Å². The molecule has 2 heterocycles. The van der Waals surface area contributed by atoms with E-state index in [0.717, 1.165) is 23.0 Å². The van der Waals surface area contributed by atoms with Crippen molar-refractivity contribution in [1.29, 1.82) is 0 Å². The van der Waals surface area contributed by atoms with Gasteiger partial charge in [-0.1, -0.05) is 12.1 Å². The first kappa shape index (κ1) is 19.8. The van der Waals surface area contributed by atoms with Gasteiger partial charge < -0.3 is 5.32 Å². The number of carbonyl (C=O) groups excluding carboxylic acids is 1. The molecule has 0 fully saturated rings. The van der Waals surface area contributed by atoms with Crippen LogP contribution in [0.4, 0.5) is 20.2 Å². The van der Waals surface area contributed by atoms with Gasteiger partial charge in [-0.05, 0) is 18.2 Å². The van der Waals surface area contributed by atoms with Gasteiger partial charge in [-0.2, -0.15) is 5.10 Å². The largest absolute Gasteiger partial charge is 0.324 e. The Morgan fingerprint density at radius 2 is 1.94 bits per heavy atom. The van der Waals surface area contributed by atoms with Gasteiger partial charge in [-0.3, -0.25) is 24.3 Å². The van der Waals surface area contributed by atoms with Gasteiger partial charge in [0, 0.05) is 17.8 Å². The molecule has 0 aliphatic heterocycles. The molecule has 0 saturated carbocycles. The van der Waals surface area contributed by atoms with Crippen molar-refractivity contribution in [2.75, 3.05) is 5.32 Å². The Morgan fingerprint density at radius 1 is 1.16 bits per heavy atom. The minimum Gasteiger partial charge on any atom is -0.324 e. The van der Waals surface area contributed by atoms with Gasteiger partial charge in [0.1, 0.15) is 23.9 Å². The molecule has 0 radical (unpaired) electrons. The Morgan fingerprint density at radius 3 is 2.68 bits per heavy atom. The minimum absolute atomic E-state index is 0.0233. The van der Waals surface area contributed by atoms with E-state index in [2.05, 4.69) is 15.4 Å². The molecule has 4 aromatic rings. The highest BCUT2D eigenvalue weighted by molar-refractivity contribution is 5.90. The number of nitro groups is 1. The fourth-order valence-corrected chi connectivity index (χ4v) is 2.96. The van der Waals surface area contributed by atoms with Gasteiger partial charge in [0.05, 0.1) is 11.1 Å². The van der Waals surface area contributed by atoms with E-state index in [9.17, 15) is 28.5 Å². The van der Waals surface area contributed by atoms with E-state index in [-0.39, 0.29) is 28.1 Å². The fraction of sp³-hybridized carbons (Fsp3) is 0.0526. The number of hydrogen-bond acceptors (Lipinski definition) is 6. The Kier molecular flexibility index (Phi) is 4.95. The molecule has 0 spiro atoms. The van der Waals surface area contributed by atoms with E-state index in [1.807, 2.05) is 0 Å². The maximum absolute atomic E-state index is 13.3. The van der Waals surface area contributed by atoms with E-state index < -0.39 is 34.6 Å². The normalized spacial score (nSPS) is 10.9. The summed E-state index contributed by atoms with van der Waals surface area (Å²) in [4.78, 5) is 39.7. The molecule has 10 nitrogen and oxygen atoms in total. The molecule has 156 valence electrons. The monoisotopic (exact) mass is 426 g/mol. The third-order valence-corrected chi connectivity index (χ3v) is 4.38. The topological polar surface area (TPSA) is 125 Å². The first-order chi connectivity index (χ1) is 14.8. The summed E-state index contributed by atoms with van der Waals surface area (Å²) >= 11 is 0. The number of benzene rings is 2. The van der Waals surface area contributed by atoms with Gasteiger partial charge in [0.2, 0.25) is 5.91 Å². The van der Waals surface area contributed by atoms with Crippen LogP contribution in [0.5, 0.6) is 0 Å². The molecule has 0 unspecified atom stereocenters. The number of hydrogen-bond donors (Lipinski definition) is 1. The predicted molar refractivity (Wildman–Crippen MR) is 105 cm³/mol. The van der Waals surface area contributed by atoms with Crippen molar-refractivity contribution in [2.24, 2.45) is 0 Å². The molecule has 0 aliphatic rings. The zero-order valence-corrected chi connectivity index (χ0v) is 15.5. The number of para-hydroxylation sites is 2. The summed E-state index contributed by atoms with van der Waals surface area (Å²) in [6, 6.07) is 8.70. The molecule has 0 bridgehead atoms. The SMILES string of the molecule is O=C(Cn1cnc2c(cnn2-c2ccccc2[N+](=O)[O-])c1=O)Nc1ccc(F)c(F)c1. The first-order valence-electron chi connectivity index (χ1n) is 8.77. The quantitative estimate of drug-likeness (QED) is 0.386. The van der Waals surface area contributed by atoms with E-state index in [0.29, 0.717) is 0 Å². The second kappa shape index (κ2) is 7.74. The molecule has 0 aliphatic carbocycles. The Hall–Kier alpha value is -4.48. The third-order valence-electron chi connectivity index (χ3n) is 4.38. The standard InChI is InChI=1S/C19H12F2N6O4/c20-13-6-5-11(7-14(13)21)24-17(28)9-25-10-22-18-12(19(25)29)8-23-26(18)15-3-1-2-4-16(15)27(30)31/h1-8,10H,9H2,(H,24,28). The number of nitro benzene ring substituents is 1. The van der Waals surface area contributed by atoms with Crippen LogP contribution in [0.2, 0.25) is 0 Å².